The average Bonchev–Trinajstić information content (AvgIpc) is 3.32. The molecule has 1 aliphatic rings. The number of hydrogen-bond acceptors (Lipinski definition) is 3. The van der Waals surface area contributed by atoms with Crippen LogP contribution in [0.15, 0.2) is 35.1 Å². The number of nitrogens with zero attached hydrogens (tertiary/aromatic N) is 4. The van der Waals surface area contributed by atoms with E-state index in [9.17, 15) is 18.0 Å². The molecule has 1 saturated carbocycles. The van der Waals surface area contributed by atoms with Gasteiger partial charge in [0.15, 0.2) is 5.69 Å². The zero-order valence-corrected chi connectivity index (χ0v) is 18.9. The Kier molecular flexibility index (Phi) is 6.06. The van der Waals surface area contributed by atoms with Gasteiger partial charge in [-0.2, -0.15) is 23.4 Å². The van der Waals surface area contributed by atoms with E-state index >= 15 is 0 Å². The summed E-state index contributed by atoms with van der Waals surface area (Å²) in [5, 5.41) is 11.3. The second kappa shape index (κ2) is 8.48. The second-order valence-corrected chi connectivity index (χ2v) is 8.81. The van der Waals surface area contributed by atoms with E-state index in [1.54, 1.807) is 29.1 Å². The molecule has 0 atom stereocenters. The first-order chi connectivity index (χ1) is 14.6. The maximum absolute atomic E-state index is 13.2. The van der Waals surface area contributed by atoms with E-state index in [1.165, 1.54) is 6.20 Å². The van der Waals surface area contributed by atoms with Gasteiger partial charge in [0.25, 0.3) is 0 Å². The highest BCUT2D eigenvalue weighted by atomic mass is 79.9. The number of carbonyl (C=O) groups excluding carboxylic acids is 1. The quantitative estimate of drug-likeness (QED) is 0.437. The molecule has 0 radical (unpaired) electrons. The van der Waals surface area contributed by atoms with Crippen LogP contribution < -0.4 is 5.32 Å². The first-order valence-electron chi connectivity index (χ1n) is 9.21. The molecule has 1 fully saturated rings. The Morgan fingerprint density at radius 1 is 1.26 bits per heavy atom. The summed E-state index contributed by atoms with van der Waals surface area (Å²) in [6.07, 6.45) is 0.00499. The van der Waals surface area contributed by atoms with Crippen LogP contribution in [0, 0.1) is 0 Å². The molecule has 1 aromatic carbocycles. The molecule has 6 nitrogen and oxygen atoms in total. The van der Waals surface area contributed by atoms with Crippen molar-refractivity contribution in [3.05, 3.63) is 62.1 Å². The molecular formula is C19H15BrCl2F3N5O. The fourth-order valence-corrected chi connectivity index (χ4v) is 4.33. The minimum atomic E-state index is -4.60. The fourth-order valence-electron chi connectivity index (χ4n) is 3.18. The van der Waals surface area contributed by atoms with Gasteiger partial charge in [-0.3, -0.25) is 14.2 Å². The van der Waals surface area contributed by atoms with Gasteiger partial charge in [-0.15, -0.1) is 0 Å². The summed E-state index contributed by atoms with van der Waals surface area (Å²) in [6, 6.07) is 5.21. The van der Waals surface area contributed by atoms with Crippen LogP contribution >= 0.6 is 39.1 Å². The summed E-state index contributed by atoms with van der Waals surface area (Å²) >= 11 is 14.9. The second-order valence-electron chi connectivity index (χ2n) is 7.20. The molecular weight excluding hydrogens is 522 g/mol. The molecule has 31 heavy (non-hydrogen) atoms. The normalized spacial score (nSPS) is 14.1. The van der Waals surface area contributed by atoms with Crippen molar-refractivity contribution < 1.29 is 18.0 Å². The Morgan fingerprint density at radius 2 is 2.00 bits per heavy atom. The van der Waals surface area contributed by atoms with Crippen molar-refractivity contribution in [1.29, 1.82) is 0 Å². The summed E-state index contributed by atoms with van der Waals surface area (Å²) in [5.41, 5.74) is 0.667. The van der Waals surface area contributed by atoms with Crippen LogP contribution in [0.4, 0.5) is 18.9 Å². The third kappa shape index (κ3) is 5.07. The number of hydrogen-bond donors (Lipinski definition) is 1. The molecule has 1 aliphatic carbocycles. The van der Waals surface area contributed by atoms with Gasteiger partial charge in [-0.1, -0.05) is 29.3 Å². The van der Waals surface area contributed by atoms with Crippen LogP contribution in [-0.2, 0) is 24.1 Å². The standard InChI is InChI=1S/C19H15BrCl2F3N5O/c20-16-17(11-2-3-11)30(28-18(16)19(23,24)25)9-15(31)27-12-6-26-29(8-12)7-10-1-4-13(21)14(22)5-10/h1,4-6,8,11H,2-3,7,9H2,(H,27,31). The SMILES string of the molecule is O=C(Cn1nc(C(F)(F)F)c(Br)c1C1CC1)Nc1cnn(Cc2ccc(Cl)c(Cl)c2)c1. The molecule has 0 aliphatic heterocycles. The molecule has 2 aromatic heterocycles. The molecule has 0 spiro atoms. The van der Waals surface area contributed by atoms with Crippen LogP contribution in [-0.4, -0.2) is 25.5 Å². The van der Waals surface area contributed by atoms with Crippen LogP contribution in [0.2, 0.25) is 10.0 Å². The maximum atomic E-state index is 13.2. The van der Waals surface area contributed by atoms with E-state index in [-0.39, 0.29) is 16.9 Å². The highest BCUT2D eigenvalue weighted by Crippen LogP contribution is 2.46. The Hall–Kier alpha value is -2.04. The van der Waals surface area contributed by atoms with Gasteiger partial charge in [-0.25, -0.2) is 0 Å². The lowest BCUT2D eigenvalue weighted by atomic mass is 10.2. The van der Waals surface area contributed by atoms with Crippen molar-refractivity contribution in [2.75, 3.05) is 5.32 Å². The van der Waals surface area contributed by atoms with Gasteiger partial charge in [0.05, 0.1) is 38.6 Å². The van der Waals surface area contributed by atoms with E-state index in [0.717, 1.165) is 23.1 Å². The zero-order valence-electron chi connectivity index (χ0n) is 15.8. The highest BCUT2D eigenvalue weighted by molar-refractivity contribution is 9.10. The molecule has 0 unspecified atom stereocenters. The minimum Gasteiger partial charge on any atom is -0.322 e. The molecule has 2 heterocycles. The van der Waals surface area contributed by atoms with E-state index in [2.05, 4.69) is 31.4 Å². The third-order valence-electron chi connectivity index (χ3n) is 4.70. The number of nitrogens with one attached hydrogen (secondary N) is 1. The number of carbonyl (C=O) groups is 1. The van der Waals surface area contributed by atoms with Crippen molar-refractivity contribution >= 4 is 50.7 Å². The smallest absolute Gasteiger partial charge is 0.322 e. The first-order valence-corrected chi connectivity index (χ1v) is 10.8. The molecule has 0 bridgehead atoms. The highest BCUT2D eigenvalue weighted by Gasteiger charge is 2.41. The van der Waals surface area contributed by atoms with Gasteiger partial charge in [0.2, 0.25) is 5.91 Å². The summed E-state index contributed by atoms with van der Waals surface area (Å²) in [4.78, 5) is 12.5. The van der Waals surface area contributed by atoms with Crippen molar-refractivity contribution in [2.24, 2.45) is 0 Å². The van der Waals surface area contributed by atoms with Crippen LogP contribution in [0.3, 0.4) is 0 Å². The minimum absolute atomic E-state index is 0.0280. The molecule has 0 saturated heterocycles. The maximum Gasteiger partial charge on any atom is 0.436 e. The van der Waals surface area contributed by atoms with Gasteiger partial charge < -0.3 is 5.32 Å². The molecule has 1 amide bonds. The number of anilines is 1. The van der Waals surface area contributed by atoms with Crippen molar-refractivity contribution in [2.45, 2.75) is 38.0 Å². The van der Waals surface area contributed by atoms with Crippen molar-refractivity contribution in [3.63, 3.8) is 0 Å². The largest absolute Gasteiger partial charge is 0.436 e. The molecule has 12 heteroatoms. The molecule has 164 valence electrons. The number of benzene rings is 1. The van der Waals surface area contributed by atoms with Crippen LogP contribution in [0.1, 0.15) is 35.7 Å². The Balaban J connectivity index is 1.44. The van der Waals surface area contributed by atoms with Crippen molar-refractivity contribution in [1.82, 2.24) is 19.6 Å². The zero-order chi connectivity index (χ0) is 22.3. The summed E-state index contributed by atoms with van der Waals surface area (Å²) in [7, 11) is 0. The number of alkyl halides is 3. The Labute approximate surface area is 193 Å². The molecule has 3 aromatic rings. The topological polar surface area (TPSA) is 64.7 Å². The van der Waals surface area contributed by atoms with E-state index in [0.29, 0.717) is 28.0 Å². The summed E-state index contributed by atoms with van der Waals surface area (Å²) in [5.74, 6) is -0.528. The van der Waals surface area contributed by atoms with Gasteiger partial charge in [-0.05, 0) is 46.5 Å². The van der Waals surface area contributed by atoms with E-state index < -0.39 is 17.8 Å². The van der Waals surface area contributed by atoms with E-state index in [4.69, 9.17) is 23.2 Å². The number of halogens is 6. The third-order valence-corrected chi connectivity index (χ3v) is 6.22. The molecule has 4 rings (SSSR count). The van der Waals surface area contributed by atoms with Crippen LogP contribution in [0.25, 0.3) is 0 Å². The lowest BCUT2D eigenvalue weighted by Gasteiger charge is -2.07. The predicted octanol–water partition coefficient (Wildman–Crippen LogP) is 5.73. The van der Waals surface area contributed by atoms with Gasteiger partial charge in [0.1, 0.15) is 6.54 Å². The fraction of sp³-hybridized carbons (Fsp3) is 0.316. The molecule has 1 N–H and O–H groups in total. The van der Waals surface area contributed by atoms with Crippen LogP contribution in [0.5, 0.6) is 0 Å². The Bertz CT molecular complexity index is 1140. The van der Waals surface area contributed by atoms with E-state index in [1.807, 2.05) is 0 Å². The summed E-state index contributed by atoms with van der Waals surface area (Å²) in [6.45, 7) is 0.0676. The lowest BCUT2D eigenvalue weighted by Crippen LogP contribution is -2.21. The monoisotopic (exact) mass is 535 g/mol. The Morgan fingerprint density at radius 3 is 2.65 bits per heavy atom. The predicted molar refractivity (Wildman–Crippen MR) is 113 cm³/mol. The first kappa shape index (κ1) is 22.2. The van der Waals surface area contributed by atoms with Crippen molar-refractivity contribution in [3.8, 4) is 0 Å². The number of amides is 1. The van der Waals surface area contributed by atoms with Gasteiger partial charge in [0, 0.05) is 12.1 Å². The van der Waals surface area contributed by atoms with Gasteiger partial charge >= 0.3 is 6.18 Å². The number of rotatable bonds is 6. The average molecular weight is 537 g/mol. The summed E-state index contributed by atoms with van der Waals surface area (Å²) < 4.78 is 42.2. The lowest BCUT2D eigenvalue weighted by molar-refractivity contribution is -0.142. The number of aromatic nitrogens is 4.